The highest BCUT2D eigenvalue weighted by Gasteiger charge is 2.49. The van der Waals surface area contributed by atoms with Crippen LogP contribution in [0.1, 0.15) is 35.6 Å². The van der Waals surface area contributed by atoms with Crippen LogP contribution in [0.3, 0.4) is 0 Å². The molecular weight excluding hydrogens is 398 g/mol. The van der Waals surface area contributed by atoms with Crippen LogP contribution in [0.5, 0.6) is 0 Å². The lowest BCUT2D eigenvalue weighted by Gasteiger charge is -2.21. The summed E-state index contributed by atoms with van der Waals surface area (Å²) < 4.78 is 81.3. The summed E-state index contributed by atoms with van der Waals surface area (Å²) in [5.41, 5.74) is 5.70. The molecule has 1 fully saturated rings. The second-order valence-electron chi connectivity index (χ2n) is 7.28. The van der Waals surface area contributed by atoms with Crippen LogP contribution in [0.15, 0.2) is 30.6 Å². The van der Waals surface area contributed by atoms with Gasteiger partial charge in [-0.25, -0.2) is 9.97 Å². The Labute approximate surface area is 161 Å². The number of halogens is 6. The van der Waals surface area contributed by atoms with Crippen LogP contribution in [0.4, 0.5) is 32.2 Å². The maximum atomic E-state index is 13.6. The number of imidazole rings is 1. The maximum absolute atomic E-state index is 13.6. The molecular formula is C19H16F6N4. The molecule has 1 atom stereocenters. The minimum absolute atomic E-state index is 0.00682. The number of alkyl halides is 6. The first-order valence-corrected chi connectivity index (χ1v) is 8.85. The highest BCUT2D eigenvalue weighted by Crippen LogP contribution is 2.51. The smallest absolute Gasteiger partial charge is 0.381 e. The summed E-state index contributed by atoms with van der Waals surface area (Å²) in [6, 6.07) is 4.36. The van der Waals surface area contributed by atoms with Crippen LogP contribution in [0.2, 0.25) is 0 Å². The summed E-state index contributed by atoms with van der Waals surface area (Å²) in [5.74, 6) is -2.48. The topological polar surface area (TPSA) is 56.2 Å². The van der Waals surface area contributed by atoms with Crippen molar-refractivity contribution in [1.82, 2.24) is 14.4 Å². The van der Waals surface area contributed by atoms with Gasteiger partial charge in [-0.3, -0.25) is 4.40 Å². The van der Waals surface area contributed by atoms with Crippen molar-refractivity contribution in [2.45, 2.75) is 38.0 Å². The lowest BCUT2D eigenvalue weighted by molar-refractivity contribution is -0.155. The molecule has 2 aromatic heterocycles. The average molecular weight is 414 g/mol. The summed E-state index contributed by atoms with van der Waals surface area (Å²) >= 11 is 0. The monoisotopic (exact) mass is 414 g/mol. The van der Waals surface area contributed by atoms with Crippen molar-refractivity contribution in [3.63, 3.8) is 0 Å². The third-order valence-electron chi connectivity index (χ3n) is 5.15. The van der Waals surface area contributed by atoms with Gasteiger partial charge in [-0.2, -0.15) is 26.3 Å². The van der Waals surface area contributed by atoms with Gasteiger partial charge < -0.3 is 5.73 Å². The fourth-order valence-corrected chi connectivity index (χ4v) is 3.61. The molecule has 3 aromatic rings. The second kappa shape index (κ2) is 6.36. The quantitative estimate of drug-likeness (QED) is 0.587. The number of aromatic nitrogens is 3. The van der Waals surface area contributed by atoms with E-state index in [0.717, 1.165) is 10.6 Å². The Morgan fingerprint density at radius 2 is 1.83 bits per heavy atom. The Morgan fingerprint density at radius 1 is 1.14 bits per heavy atom. The Morgan fingerprint density at radius 3 is 2.41 bits per heavy atom. The van der Waals surface area contributed by atoms with E-state index in [1.165, 1.54) is 18.3 Å². The van der Waals surface area contributed by atoms with E-state index in [4.69, 9.17) is 5.73 Å². The van der Waals surface area contributed by atoms with Gasteiger partial charge in [0.15, 0.2) is 17.2 Å². The van der Waals surface area contributed by atoms with Crippen molar-refractivity contribution >= 4 is 11.5 Å². The molecule has 2 N–H and O–H groups in total. The number of hydrogen-bond donors (Lipinski definition) is 1. The Hall–Kier alpha value is -2.78. The Kier molecular flexibility index (Phi) is 4.29. The second-order valence-corrected chi connectivity index (χ2v) is 7.28. The summed E-state index contributed by atoms with van der Waals surface area (Å²) in [7, 11) is 0. The van der Waals surface area contributed by atoms with Crippen molar-refractivity contribution in [2.75, 3.05) is 5.73 Å². The average Bonchev–Trinajstić information content (AvgIpc) is 3.32. The van der Waals surface area contributed by atoms with Gasteiger partial charge in [0.25, 0.3) is 0 Å². The van der Waals surface area contributed by atoms with E-state index in [9.17, 15) is 26.3 Å². The number of fused-ring (bicyclic) bond motifs is 1. The first kappa shape index (κ1) is 19.5. The lowest BCUT2D eigenvalue weighted by Crippen LogP contribution is -2.22. The number of nitrogens with zero attached hydrogens (tertiary/aromatic N) is 3. The number of hydrogen-bond acceptors (Lipinski definition) is 3. The number of nitrogen functional groups attached to an aromatic ring is 1. The molecule has 0 radical (unpaired) electrons. The lowest BCUT2D eigenvalue weighted by atomic mass is 9.90. The summed E-state index contributed by atoms with van der Waals surface area (Å²) in [4.78, 5) is 7.35. The minimum atomic E-state index is -4.73. The van der Waals surface area contributed by atoms with Gasteiger partial charge in [0.2, 0.25) is 0 Å². The van der Waals surface area contributed by atoms with Crippen LogP contribution in [0, 0.1) is 12.8 Å². The highest BCUT2D eigenvalue weighted by atomic mass is 19.4. The van der Waals surface area contributed by atoms with Crippen molar-refractivity contribution in [2.24, 2.45) is 5.92 Å². The molecule has 4 nitrogen and oxygen atoms in total. The van der Waals surface area contributed by atoms with Crippen LogP contribution in [-0.2, 0) is 6.18 Å². The van der Waals surface area contributed by atoms with Crippen molar-refractivity contribution in [3.8, 4) is 11.3 Å². The fourth-order valence-electron chi connectivity index (χ4n) is 3.61. The van der Waals surface area contributed by atoms with E-state index in [2.05, 4.69) is 9.97 Å². The van der Waals surface area contributed by atoms with Crippen LogP contribution < -0.4 is 5.73 Å². The van der Waals surface area contributed by atoms with Gasteiger partial charge >= 0.3 is 12.4 Å². The molecule has 0 amide bonds. The zero-order chi connectivity index (χ0) is 21.1. The third-order valence-corrected chi connectivity index (χ3v) is 5.15. The Bertz CT molecular complexity index is 1080. The maximum Gasteiger partial charge on any atom is 0.434 e. The molecule has 0 aliphatic heterocycles. The van der Waals surface area contributed by atoms with Gasteiger partial charge in [-0.15, -0.1) is 0 Å². The molecule has 29 heavy (non-hydrogen) atoms. The molecule has 0 bridgehead atoms. The predicted octanol–water partition coefficient (Wildman–Crippen LogP) is 5.36. The molecule has 2 heterocycles. The molecule has 1 aliphatic carbocycles. The van der Waals surface area contributed by atoms with Crippen LogP contribution in [0.25, 0.3) is 16.9 Å². The third kappa shape index (κ3) is 3.51. The van der Waals surface area contributed by atoms with E-state index in [0.29, 0.717) is 24.0 Å². The molecule has 4 rings (SSSR count). The van der Waals surface area contributed by atoms with E-state index >= 15 is 0 Å². The van der Waals surface area contributed by atoms with Crippen molar-refractivity contribution in [3.05, 3.63) is 47.4 Å². The zero-order valence-electron chi connectivity index (χ0n) is 15.1. The van der Waals surface area contributed by atoms with Gasteiger partial charge in [-0.05, 0) is 42.9 Å². The molecule has 10 heteroatoms. The van der Waals surface area contributed by atoms with Crippen LogP contribution >= 0.6 is 0 Å². The summed E-state index contributed by atoms with van der Waals surface area (Å²) in [6.07, 6.45) is -6.08. The molecule has 1 aliphatic rings. The summed E-state index contributed by atoms with van der Waals surface area (Å²) in [5, 5.41) is 0. The van der Waals surface area contributed by atoms with Crippen molar-refractivity contribution < 1.29 is 26.3 Å². The van der Waals surface area contributed by atoms with Gasteiger partial charge in [-0.1, -0.05) is 12.1 Å². The first-order chi connectivity index (χ1) is 13.5. The Balaban J connectivity index is 1.89. The van der Waals surface area contributed by atoms with Gasteiger partial charge in [0.05, 0.1) is 17.8 Å². The SMILES string of the molecule is Cc1ccc(C(C2CC2)C(F)(F)F)cc1-c1cnc2c(N)nc(C(F)(F)F)cn12. The molecule has 1 aromatic carbocycles. The molecule has 1 unspecified atom stereocenters. The standard InChI is InChI=1S/C19H16F6N4/c1-9-2-3-11(15(10-4-5-10)19(23,24)25)6-12(9)13-7-27-17-16(26)28-14(8-29(13)17)18(20,21)22/h2-3,6-8,10,15H,4-5H2,1H3,(H2,26,28). The number of aryl methyl sites for hydroxylation is 1. The molecule has 154 valence electrons. The highest BCUT2D eigenvalue weighted by molar-refractivity contribution is 5.72. The fraction of sp³-hybridized carbons (Fsp3) is 0.368. The number of nitrogens with two attached hydrogens (primary N) is 1. The molecule has 0 spiro atoms. The van der Waals surface area contributed by atoms with Crippen molar-refractivity contribution in [1.29, 1.82) is 0 Å². The molecule has 0 saturated heterocycles. The van der Waals surface area contributed by atoms with Crippen LogP contribution in [-0.4, -0.2) is 20.5 Å². The number of benzene rings is 1. The minimum Gasteiger partial charge on any atom is -0.381 e. The summed E-state index contributed by atoms with van der Waals surface area (Å²) in [6.45, 7) is 1.67. The normalized spacial score (nSPS) is 16.4. The van der Waals surface area contributed by atoms with E-state index in [1.807, 2.05) is 0 Å². The molecule has 1 saturated carbocycles. The van der Waals surface area contributed by atoms with E-state index < -0.39 is 35.7 Å². The van der Waals surface area contributed by atoms with Gasteiger partial charge in [0, 0.05) is 11.8 Å². The predicted molar refractivity (Wildman–Crippen MR) is 94.1 cm³/mol. The zero-order valence-corrected chi connectivity index (χ0v) is 15.1. The van der Waals surface area contributed by atoms with E-state index in [1.54, 1.807) is 13.0 Å². The number of rotatable bonds is 3. The largest absolute Gasteiger partial charge is 0.434 e. The number of anilines is 1. The van der Waals surface area contributed by atoms with Gasteiger partial charge in [0.1, 0.15) is 0 Å². The van der Waals surface area contributed by atoms with E-state index in [-0.39, 0.29) is 16.9 Å². The first-order valence-electron chi connectivity index (χ1n) is 8.85.